The van der Waals surface area contributed by atoms with Gasteiger partial charge in [-0.25, -0.2) is 4.79 Å². The molecule has 0 aromatic heterocycles. The Bertz CT molecular complexity index is 2580. The third-order valence-electron chi connectivity index (χ3n) is 27.8. The number of ether oxygens (including phenoxy) is 8. The number of carbonyl (C=O) groups excluding carboxylic acids is 8. The van der Waals surface area contributed by atoms with Crippen LogP contribution in [0.25, 0.3) is 0 Å². The molecule has 0 amide bonds. The van der Waals surface area contributed by atoms with Crippen molar-refractivity contribution in [1.29, 1.82) is 0 Å². The van der Waals surface area contributed by atoms with Crippen LogP contribution in [0.3, 0.4) is 0 Å². The average molecular weight is 1460 g/mol. The van der Waals surface area contributed by atoms with Crippen LogP contribution in [0.15, 0.2) is 0 Å². The molecule has 16 heteroatoms. The van der Waals surface area contributed by atoms with Crippen LogP contribution in [-0.4, -0.2) is 96.6 Å². The smallest absolute Gasteiger partial charge is 0.344 e. The normalized spacial score (nSPS) is 35.0. The summed E-state index contributed by atoms with van der Waals surface area (Å²) in [5.41, 5.74) is -2.11. The molecule has 0 aromatic rings. The summed E-state index contributed by atoms with van der Waals surface area (Å²) in [5, 5.41) is 0. The van der Waals surface area contributed by atoms with E-state index in [1.807, 2.05) is 69.2 Å². The molecule has 16 aliphatic rings. The Kier molecular flexibility index (Phi) is 37.8. The zero-order valence-electron chi connectivity index (χ0n) is 61.3. The first-order valence-corrected chi connectivity index (χ1v) is 38.5. The Balaban J connectivity index is 0.000000670. The predicted octanol–water partition coefficient (Wildman–Crippen LogP) is 21.2. The third kappa shape index (κ3) is 21.8. The fraction of sp³-hybridized carbons (Fsp3) is 0.908. The lowest BCUT2D eigenvalue weighted by Gasteiger charge is -2.60. The Morgan fingerprint density at radius 1 is 0.330 bits per heavy atom. The summed E-state index contributed by atoms with van der Waals surface area (Å²) in [4.78, 5) is 96.7. The fourth-order valence-corrected chi connectivity index (χ4v) is 21.4. The van der Waals surface area contributed by atoms with Crippen molar-refractivity contribution in [3.05, 3.63) is 0 Å². The highest BCUT2D eigenvalue weighted by Gasteiger charge is 2.62. The van der Waals surface area contributed by atoms with Crippen LogP contribution in [0.2, 0.25) is 0 Å². The van der Waals surface area contributed by atoms with Crippen LogP contribution in [0.4, 0.5) is 0 Å². The molecule has 602 valence electrons. The Hall–Kier alpha value is -4.24. The number of esters is 8. The molecule has 0 radical (unpaired) electrons. The highest BCUT2D eigenvalue weighted by Crippen LogP contribution is 2.64. The summed E-state index contributed by atoms with van der Waals surface area (Å²) in [5.74, 6) is 8.82. The molecule has 16 bridgehead atoms. The van der Waals surface area contributed by atoms with Gasteiger partial charge in [0.05, 0.1) is 41.9 Å². The lowest BCUT2D eigenvalue weighted by Crippen LogP contribution is -2.59. The van der Waals surface area contributed by atoms with Crippen molar-refractivity contribution in [3.63, 3.8) is 0 Å². The van der Waals surface area contributed by atoms with Gasteiger partial charge in [-0.1, -0.05) is 115 Å². The summed E-state index contributed by atoms with van der Waals surface area (Å²) >= 11 is 0. The molecule has 16 aliphatic carbocycles. The van der Waals surface area contributed by atoms with Crippen LogP contribution in [0, 0.1) is 117 Å². The maximum atomic E-state index is 12.5. The maximum Gasteiger partial charge on any atom is 0.344 e. The first-order valence-electron chi connectivity index (χ1n) is 38.5. The molecule has 0 heterocycles. The topological polar surface area (TPSA) is 210 Å². The molecule has 0 spiro atoms. The van der Waals surface area contributed by atoms with Crippen molar-refractivity contribution < 1.29 is 76.3 Å². The minimum absolute atomic E-state index is 0. The molecule has 2 atom stereocenters. The second-order valence-corrected chi connectivity index (χ2v) is 34.5. The Labute approximate surface area is 629 Å². The number of rotatable bonds is 25. The van der Waals surface area contributed by atoms with E-state index < -0.39 is 10.8 Å². The van der Waals surface area contributed by atoms with Gasteiger partial charge in [-0.15, -0.1) is 0 Å². The van der Waals surface area contributed by atoms with E-state index >= 15 is 0 Å². The zero-order chi connectivity index (χ0) is 69.0. The Morgan fingerprint density at radius 2 is 0.563 bits per heavy atom. The van der Waals surface area contributed by atoms with Crippen molar-refractivity contribution >= 4 is 47.8 Å². The molecule has 0 N–H and O–H groups in total. The van der Waals surface area contributed by atoms with E-state index in [0.29, 0.717) is 47.3 Å². The molecule has 16 saturated carbocycles. The van der Waals surface area contributed by atoms with E-state index in [9.17, 15) is 38.4 Å². The van der Waals surface area contributed by atoms with Gasteiger partial charge < -0.3 is 37.9 Å². The molecular formula is C87H158O16. The fourth-order valence-electron chi connectivity index (χ4n) is 21.4. The zero-order valence-corrected chi connectivity index (χ0v) is 61.3. The van der Waals surface area contributed by atoms with E-state index in [1.165, 1.54) is 128 Å². The van der Waals surface area contributed by atoms with Crippen molar-refractivity contribution in [2.45, 2.75) is 365 Å². The standard InChI is InChI=1S/C21H34O4.C20H32O4.2C19H30O4.8CH4/c1-5-20(3,4)19(23)24-8-7-18(22)25-21(6-2)16-10-14-9-15(12-16)13-17(21)11-14;1-5-19(2,3)18(22)23-7-6-17(21)24-20(4)15-9-13-8-14(11-15)12-16(20)10-13;1-4-12(2)18(21)22-6-5-17(20)23-19(3)15-8-13-7-14(10-15)11-16(19)9-13;1-4-12(3)18(21)22-11-17(20)23-19(5-2)15-7-13-6-14(9-15)10-16(19)8-13;;;;;;;;/h14-17H,5-13H2,1-4H3;13-16H,5-12H2,1-4H3;2*12-16H,4-11H2,1-3H3;8*1H4. The minimum Gasteiger partial charge on any atom is -0.465 e. The molecule has 16 fully saturated rings. The van der Waals surface area contributed by atoms with Gasteiger partial charge in [-0.05, 0) is 303 Å². The van der Waals surface area contributed by atoms with Gasteiger partial charge in [0, 0.05) is 0 Å². The van der Waals surface area contributed by atoms with Crippen LogP contribution < -0.4 is 0 Å². The summed E-state index contributed by atoms with van der Waals surface area (Å²) in [7, 11) is 0. The second-order valence-electron chi connectivity index (χ2n) is 34.5. The third-order valence-corrected chi connectivity index (χ3v) is 27.8. The van der Waals surface area contributed by atoms with E-state index in [4.69, 9.17) is 37.9 Å². The van der Waals surface area contributed by atoms with E-state index in [-0.39, 0.29) is 187 Å². The van der Waals surface area contributed by atoms with Crippen LogP contribution >= 0.6 is 0 Å². The van der Waals surface area contributed by atoms with Gasteiger partial charge in [0.2, 0.25) is 0 Å². The highest BCUT2D eigenvalue weighted by atomic mass is 16.6. The molecular weight excluding hydrogens is 1300 g/mol. The maximum absolute atomic E-state index is 12.5. The first-order chi connectivity index (χ1) is 44.9. The number of hydrogen-bond donors (Lipinski definition) is 0. The quantitative estimate of drug-likeness (QED) is 0.0614. The van der Waals surface area contributed by atoms with E-state index in [0.717, 1.165) is 85.9 Å². The van der Waals surface area contributed by atoms with Gasteiger partial charge in [-0.2, -0.15) is 0 Å². The van der Waals surface area contributed by atoms with Gasteiger partial charge in [0.15, 0.2) is 6.61 Å². The van der Waals surface area contributed by atoms with Gasteiger partial charge in [-0.3, -0.25) is 33.6 Å². The first kappa shape index (κ1) is 96.8. The lowest BCUT2D eigenvalue weighted by molar-refractivity contribution is -0.214. The van der Waals surface area contributed by atoms with Crippen LogP contribution in [-0.2, 0) is 76.3 Å². The van der Waals surface area contributed by atoms with Gasteiger partial charge >= 0.3 is 47.8 Å². The molecule has 0 saturated heterocycles. The monoisotopic (exact) mass is 1460 g/mol. The summed E-state index contributed by atoms with van der Waals surface area (Å²) < 4.78 is 44.9. The van der Waals surface area contributed by atoms with Gasteiger partial charge in [0.1, 0.15) is 42.2 Å². The number of hydrogen-bond acceptors (Lipinski definition) is 16. The van der Waals surface area contributed by atoms with Crippen molar-refractivity contribution in [2.24, 2.45) is 117 Å². The molecule has 0 aromatic carbocycles. The predicted molar refractivity (Wildman–Crippen MR) is 414 cm³/mol. The number of carbonyl (C=O) groups is 8. The second kappa shape index (κ2) is 40.3. The minimum atomic E-state index is -0.490. The van der Waals surface area contributed by atoms with Crippen molar-refractivity contribution in [3.8, 4) is 0 Å². The molecule has 0 aliphatic heterocycles. The van der Waals surface area contributed by atoms with Gasteiger partial charge in [0.25, 0.3) is 0 Å². The highest BCUT2D eigenvalue weighted by molar-refractivity contribution is 5.79. The SMILES string of the molecule is C.C.C.C.C.C.C.C.CCC(C)(C)C(=O)OCCC(=O)OC1(C)C2CC3CC(C2)CC1C3.CCC(C)(C)C(=O)OCCC(=O)OC1(CC)C2CC3CC(C2)CC1C3.CCC(C)C(=O)OCC(=O)OC1(CC)C2CC3CC(C2)CC1C3.CCC(C)C(=O)OCCC(=O)OC1(C)C2CC3CC(C2)CC1C3. The molecule has 103 heavy (non-hydrogen) atoms. The summed E-state index contributed by atoms with van der Waals surface area (Å²) in [6.45, 7) is 27.7. The van der Waals surface area contributed by atoms with Crippen molar-refractivity contribution in [2.75, 3.05) is 26.4 Å². The lowest BCUT2D eigenvalue weighted by atomic mass is 9.49. The van der Waals surface area contributed by atoms with E-state index in [1.54, 1.807) is 0 Å². The molecule has 16 rings (SSSR count). The Morgan fingerprint density at radius 3 is 0.816 bits per heavy atom. The summed E-state index contributed by atoms with van der Waals surface area (Å²) in [6, 6.07) is 0. The molecule has 2 unspecified atom stereocenters. The average Bonchev–Trinajstić information content (AvgIpc) is 0.755. The van der Waals surface area contributed by atoms with Crippen molar-refractivity contribution in [1.82, 2.24) is 0 Å². The van der Waals surface area contributed by atoms with Crippen LogP contribution in [0.1, 0.15) is 343 Å². The van der Waals surface area contributed by atoms with Crippen LogP contribution in [0.5, 0.6) is 0 Å². The largest absolute Gasteiger partial charge is 0.465 e. The molecule has 16 nitrogen and oxygen atoms in total. The summed E-state index contributed by atoms with van der Waals surface area (Å²) in [6.07, 6.45) is 30.3. The van der Waals surface area contributed by atoms with E-state index in [2.05, 4.69) is 27.7 Å².